The summed E-state index contributed by atoms with van der Waals surface area (Å²) >= 11 is 3.33. The van der Waals surface area contributed by atoms with E-state index < -0.39 is 18.5 Å². The zero-order valence-electron chi connectivity index (χ0n) is 15.0. The van der Waals surface area contributed by atoms with Crippen LogP contribution in [0.25, 0.3) is 0 Å². The first-order valence-electron chi connectivity index (χ1n) is 7.81. The average molecular weight is 422 g/mol. The number of esters is 1. The number of halogens is 1. The lowest BCUT2D eigenvalue weighted by Gasteiger charge is -2.11. The molecule has 7 heteroatoms. The number of hydrogen-bond acceptors (Lipinski definition) is 5. The summed E-state index contributed by atoms with van der Waals surface area (Å²) in [6, 6.07) is 8.59. The molecular weight excluding hydrogens is 402 g/mol. The lowest BCUT2D eigenvalue weighted by Crippen LogP contribution is -2.21. The summed E-state index contributed by atoms with van der Waals surface area (Å²) in [5.41, 5.74) is 3.07. The van der Waals surface area contributed by atoms with Crippen LogP contribution in [0.15, 0.2) is 34.8 Å². The van der Waals surface area contributed by atoms with Crippen molar-refractivity contribution in [2.75, 3.05) is 26.1 Å². The SMILES string of the molecule is COc1cc(C(=O)OCC(=O)Nc2ccc(C)c(C)c2)cc(OC)c1Br. The highest BCUT2D eigenvalue weighted by Gasteiger charge is 2.17. The molecule has 0 fully saturated rings. The van der Waals surface area contributed by atoms with Crippen molar-refractivity contribution < 1.29 is 23.8 Å². The summed E-state index contributed by atoms with van der Waals surface area (Å²) in [5, 5.41) is 2.70. The van der Waals surface area contributed by atoms with E-state index in [0.29, 0.717) is 21.7 Å². The van der Waals surface area contributed by atoms with Gasteiger partial charge in [0, 0.05) is 5.69 Å². The van der Waals surface area contributed by atoms with Crippen LogP contribution in [0.1, 0.15) is 21.5 Å². The van der Waals surface area contributed by atoms with E-state index in [1.807, 2.05) is 26.0 Å². The molecule has 0 bridgehead atoms. The minimum Gasteiger partial charge on any atom is -0.495 e. The average Bonchev–Trinajstić information content (AvgIpc) is 2.63. The van der Waals surface area contributed by atoms with Crippen LogP contribution in [0.2, 0.25) is 0 Å². The fourth-order valence-corrected chi connectivity index (χ4v) is 2.77. The maximum absolute atomic E-state index is 12.2. The molecule has 2 aromatic carbocycles. The normalized spacial score (nSPS) is 10.2. The molecule has 1 N–H and O–H groups in total. The first-order valence-corrected chi connectivity index (χ1v) is 8.60. The summed E-state index contributed by atoms with van der Waals surface area (Å²) in [4.78, 5) is 24.2. The Morgan fingerprint density at radius 1 is 1.00 bits per heavy atom. The highest BCUT2D eigenvalue weighted by Crippen LogP contribution is 2.35. The highest BCUT2D eigenvalue weighted by molar-refractivity contribution is 9.10. The summed E-state index contributed by atoms with van der Waals surface area (Å²) in [5.74, 6) is -0.214. The van der Waals surface area contributed by atoms with Gasteiger partial charge in [0.2, 0.25) is 0 Å². The molecule has 0 heterocycles. The fraction of sp³-hybridized carbons (Fsp3) is 0.263. The topological polar surface area (TPSA) is 73.9 Å². The minimum absolute atomic E-state index is 0.223. The summed E-state index contributed by atoms with van der Waals surface area (Å²) in [6.45, 7) is 3.55. The Morgan fingerprint density at radius 2 is 1.62 bits per heavy atom. The van der Waals surface area contributed by atoms with E-state index in [2.05, 4.69) is 21.2 Å². The van der Waals surface area contributed by atoms with Crippen LogP contribution in [-0.4, -0.2) is 32.7 Å². The number of nitrogens with one attached hydrogen (secondary N) is 1. The van der Waals surface area contributed by atoms with Gasteiger partial charge in [-0.05, 0) is 65.2 Å². The Bertz CT molecular complexity index is 810. The van der Waals surface area contributed by atoms with Gasteiger partial charge in [0.05, 0.1) is 19.8 Å². The van der Waals surface area contributed by atoms with Gasteiger partial charge in [0.1, 0.15) is 16.0 Å². The number of amides is 1. The summed E-state index contributed by atoms with van der Waals surface area (Å²) < 4.78 is 16.0. The fourth-order valence-electron chi connectivity index (χ4n) is 2.22. The predicted octanol–water partition coefficient (Wildman–Crippen LogP) is 3.88. The quantitative estimate of drug-likeness (QED) is 0.716. The number of carbonyl (C=O) groups excluding carboxylic acids is 2. The van der Waals surface area contributed by atoms with Gasteiger partial charge in [-0.25, -0.2) is 4.79 Å². The first-order chi connectivity index (χ1) is 12.3. The molecule has 0 aromatic heterocycles. The number of hydrogen-bond donors (Lipinski definition) is 1. The number of aryl methyl sites for hydroxylation is 2. The lowest BCUT2D eigenvalue weighted by molar-refractivity contribution is -0.119. The number of carbonyl (C=O) groups is 2. The Labute approximate surface area is 160 Å². The molecule has 0 spiro atoms. The Balaban J connectivity index is 2.01. The highest BCUT2D eigenvalue weighted by atomic mass is 79.9. The van der Waals surface area contributed by atoms with E-state index in [9.17, 15) is 9.59 Å². The van der Waals surface area contributed by atoms with E-state index in [1.165, 1.54) is 26.4 Å². The van der Waals surface area contributed by atoms with Crippen molar-refractivity contribution in [1.82, 2.24) is 0 Å². The Hall–Kier alpha value is -2.54. The standard InChI is InChI=1S/C19H20BrNO5/c1-11-5-6-14(7-12(11)2)21-17(22)10-26-19(23)13-8-15(24-3)18(20)16(9-13)25-4/h5-9H,10H2,1-4H3,(H,21,22). The molecule has 0 unspecified atom stereocenters. The van der Waals surface area contributed by atoms with Gasteiger partial charge in [0.15, 0.2) is 6.61 Å². The molecule has 1 amide bonds. The summed E-state index contributed by atoms with van der Waals surface area (Å²) in [7, 11) is 2.96. The van der Waals surface area contributed by atoms with Crippen molar-refractivity contribution in [3.8, 4) is 11.5 Å². The van der Waals surface area contributed by atoms with Crippen molar-refractivity contribution >= 4 is 33.5 Å². The van der Waals surface area contributed by atoms with Crippen LogP contribution in [0.4, 0.5) is 5.69 Å². The first kappa shape index (κ1) is 19.8. The lowest BCUT2D eigenvalue weighted by atomic mass is 10.1. The van der Waals surface area contributed by atoms with E-state index in [-0.39, 0.29) is 5.56 Å². The molecule has 0 aliphatic heterocycles. The number of anilines is 1. The van der Waals surface area contributed by atoms with E-state index >= 15 is 0 Å². The molecule has 2 rings (SSSR count). The zero-order valence-corrected chi connectivity index (χ0v) is 16.6. The largest absolute Gasteiger partial charge is 0.495 e. The molecule has 138 valence electrons. The zero-order chi connectivity index (χ0) is 19.3. The van der Waals surface area contributed by atoms with E-state index in [4.69, 9.17) is 14.2 Å². The van der Waals surface area contributed by atoms with Crippen LogP contribution in [0.5, 0.6) is 11.5 Å². The van der Waals surface area contributed by atoms with Gasteiger partial charge in [-0.15, -0.1) is 0 Å². The van der Waals surface area contributed by atoms with Gasteiger partial charge >= 0.3 is 5.97 Å². The number of rotatable bonds is 6. The second kappa shape index (κ2) is 8.71. The maximum atomic E-state index is 12.2. The Kier molecular flexibility index (Phi) is 6.63. The summed E-state index contributed by atoms with van der Waals surface area (Å²) in [6.07, 6.45) is 0. The minimum atomic E-state index is -0.649. The molecule has 0 aliphatic rings. The number of methoxy groups -OCH3 is 2. The van der Waals surface area contributed by atoms with Crippen molar-refractivity contribution in [3.05, 3.63) is 51.5 Å². The van der Waals surface area contributed by atoms with Crippen molar-refractivity contribution in [1.29, 1.82) is 0 Å². The van der Waals surface area contributed by atoms with Gasteiger partial charge in [-0.3, -0.25) is 4.79 Å². The van der Waals surface area contributed by atoms with Gasteiger partial charge in [-0.2, -0.15) is 0 Å². The number of ether oxygens (including phenoxy) is 3. The van der Waals surface area contributed by atoms with Gasteiger partial charge in [0.25, 0.3) is 5.91 Å². The third kappa shape index (κ3) is 4.76. The van der Waals surface area contributed by atoms with Crippen molar-refractivity contribution in [2.24, 2.45) is 0 Å². The van der Waals surface area contributed by atoms with Crippen molar-refractivity contribution in [3.63, 3.8) is 0 Å². The molecule has 2 aromatic rings. The molecular formula is C19H20BrNO5. The third-order valence-electron chi connectivity index (χ3n) is 3.81. The monoisotopic (exact) mass is 421 g/mol. The molecule has 0 saturated carbocycles. The molecule has 0 aliphatic carbocycles. The van der Waals surface area contributed by atoms with Gasteiger partial charge < -0.3 is 19.5 Å². The molecule has 0 atom stereocenters. The smallest absolute Gasteiger partial charge is 0.338 e. The van der Waals surface area contributed by atoms with Crippen LogP contribution in [-0.2, 0) is 9.53 Å². The molecule has 0 saturated heterocycles. The van der Waals surface area contributed by atoms with E-state index in [0.717, 1.165) is 11.1 Å². The predicted molar refractivity (Wildman–Crippen MR) is 102 cm³/mol. The maximum Gasteiger partial charge on any atom is 0.338 e. The van der Waals surface area contributed by atoms with Crippen LogP contribution in [0, 0.1) is 13.8 Å². The third-order valence-corrected chi connectivity index (χ3v) is 4.59. The van der Waals surface area contributed by atoms with Crippen LogP contribution >= 0.6 is 15.9 Å². The van der Waals surface area contributed by atoms with Crippen LogP contribution in [0.3, 0.4) is 0 Å². The van der Waals surface area contributed by atoms with Crippen LogP contribution < -0.4 is 14.8 Å². The second-order valence-electron chi connectivity index (χ2n) is 5.62. The molecule has 26 heavy (non-hydrogen) atoms. The molecule has 6 nitrogen and oxygen atoms in total. The number of benzene rings is 2. The molecule has 0 radical (unpaired) electrons. The van der Waals surface area contributed by atoms with Crippen molar-refractivity contribution in [2.45, 2.75) is 13.8 Å². The Morgan fingerprint density at radius 3 is 2.15 bits per heavy atom. The van der Waals surface area contributed by atoms with E-state index in [1.54, 1.807) is 6.07 Å². The second-order valence-corrected chi connectivity index (χ2v) is 6.41. The van der Waals surface area contributed by atoms with Gasteiger partial charge in [-0.1, -0.05) is 6.07 Å².